The summed E-state index contributed by atoms with van der Waals surface area (Å²) in [5.74, 6) is 0.00649. The molecule has 0 atom stereocenters. The molecule has 2 amide bonds. The van der Waals surface area contributed by atoms with Crippen LogP contribution in [0.1, 0.15) is 30.4 Å². The summed E-state index contributed by atoms with van der Waals surface area (Å²) < 4.78 is 0. The van der Waals surface area contributed by atoms with Crippen LogP contribution in [-0.4, -0.2) is 42.9 Å². The average Bonchev–Trinajstić information content (AvgIpc) is 2.74. The lowest BCUT2D eigenvalue weighted by molar-refractivity contribution is -0.130. The Bertz CT molecular complexity index is 768. The Labute approximate surface area is 167 Å². The van der Waals surface area contributed by atoms with Gasteiger partial charge in [-0.05, 0) is 43.9 Å². The molecule has 1 N–H and O–H groups in total. The number of hydrogen-bond acceptors (Lipinski definition) is 3. The van der Waals surface area contributed by atoms with E-state index in [1.807, 2.05) is 71.3 Å². The molecule has 0 aromatic heterocycles. The number of anilines is 1. The predicted octanol–water partition coefficient (Wildman–Crippen LogP) is 3.13. The molecule has 0 saturated carbocycles. The summed E-state index contributed by atoms with van der Waals surface area (Å²) in [5, 5.41) is 2.96. The van der Waals surface area contributed by atoms with Crippen molar-refractivity contribution < 1.29 is 9.59 Å². The van der Waals surface area contributed by atoms with E-state index in [1.54, 1.807) is 0 Å². The zero-order chi connectivity index (χ0) is 19.8. The average molecular weight is 380 g/mol. The van der Waals surface area contributed by atoms with Crippen LogP contribution in [0.2, 0.25) is 0 Å². The Hall–Kier alpha value is -2.82. The van der Waals surface area contributed by atoms with Gasteiger partial charge in [-0.15, -0.1) is 0 Å². The fraction of sp³-hybridized carbons (Fsp3) is 0.391. The van der Waals surface area contributed by atoms with Crippen molar-refractivity contribution in [3.05, 3.63) is 65.7 Å². The van der Waals surface area contributed by atoms with E-state index < -0.39 is 0 Å². The lowest BCUT2D eigenvalue weighted by atomic mass is 10.1. The van der Waals surface area contributed by atoms with Crippen molar-refractivity contribution in [1.82, 2.24) is 10.2 Å². The summed E-state index contributed by atoms with van der Waals surface area (Å²) >= 11 is 0. The summed E-state index contributed by atoms with van der Waals surface area (Å²) in [6, 6.07) is 17.8. The molecule has 2 aromatic carbocycles. The largest absolute Gasteiger partial charge is 0.353 e. The molecule has 148 valence electrons. The first-order valence-electron chi connectivity index (χ1n) is 10.0. The standard InChI is InChI=1S/C23H29N3O2/c1-19-10-12-21(13-11-19)26(18-23(28)25-14-6-3-7-15-25)17-22(27)24-16-20-8-4-2-5-9-20/h2,4-5,8-13H,3,6-7,14-18H2,1H3,(H,24,27). The molecular weight excluding hydrogens is 350 g/mol. The molecule has 0 aliphatic carbocycles. The topological polar surface area (TPSA) is 52.7 Å². The van der Waals surface area contributed by atoms with E-state index >= 15 is 0 Å². The van der Waals surface area contributed by atoms with Gasteiger partial charge in [0.2, 0.25) is 11.8 Å². The maximum Gasteiger partial charge on any atom is 0.242 e. The van der Waals surface area contributed by atoms with Crippen molar-refractivity contribution >= 4 is 17.5 Å². The quantitative estimate of drug-likeness (QED) is 0.804. The minimum absolute atomic E-state index is 0.0872. The highest BCUT2D eigenvalue weighted by Crippen LogP contribution is 2.16. The Morgan fingerprint density at radius 2 is 1.61 bits per heavy atom. The van der Waals surface area contributed by atoms with Gasteiger partial charge in [0.15, 0.2) is 0 Å². The van der Waals surface area contributed by atoms with Crippen molar-refractivity contribution in [2.45, 2.75) is 32.7 Å². The molecule has 0 unspecified atom stereocenters. The summed E-state index contributed by atoms with van der Waals surface area (Å²) in [6.45, 7) is 4.54. The van der Waals surface area contributed by atoms with Crippen molar-refractivity contribution in [2.24, 2.45) is 0 Å². The number of piperidine rings is 1. The molecule has 1 saturated heterocycles. The fourth-order valence-corrected chi connectivity index (χ4v) is 3.43. The second-order valence-electron chi connectivity index (χ2n) is 7.40. The summed E-state index contributed by atoms with van der Waals surface area (Å²) in [5.41, 5.74) is 3.10. The van der Waals surface area contributed by atoms with Gasteiger partial charge in [0.25, 0.3) is 0 Å². The van der Waals surface area contributed by atoms with E-state index in [2.05, 4.69) is 5.32 Å². The number of nitrogens with zero attached hydrogens (tertiary/aromatic N) is 2. The van der Waals surface area contributed by atoms with Crippen molar-refractivity contribution in [3.63, 3.8) is 0 Å². The highest BCUT2D eigenvalue weighted by Gasteiger charge is 2.21. The molecule has 5 heteroatoms. The monoisotopic (exact) mass is 379 g/mol. The van der Waals surface area contributed by atoms with Gasteiger partial charge in [-0.25, -0.2) is 0 Å². The Balaban J connectivity index is 1.64. The summed E-state index contributed by atoms with van der Waals surface area (Å²) in [7, 11) is 0. The summed E-state index contributed by atoms with van der Waals surface area (Å²) in [4.78, 5) is 29.1. The van der Waals surface area contributed by atoms with Gasteiger partial charge in [0, 0.05) is 25.3 Å². The molecule has 5 nitrogen and oxygen atoms in total. The van der Waals surface area contributed by atoms with Crippen LogP contribution in [0.25, 0.3) is 0 Å². The number of nitrogens with one attached hydrogen (secondary N) is 1. The SMILES string of the molecule is Cc1ccc(N(CC(=O)NCc2ccccc2)CC(=O)N2CCCCC2)cc1. The number of likely N-dealkylation sites (tertiary alicyclic amines) is 1. The number of amides is 2. The first kappa shape index (κ1) is 19.9. The second kappa shape index (κ2) is 9.93. The lowest BCUT2D eigenvalue weighted by Gasteiger charge is -2.30. The maximum absolute atomic E-state index is 12.8. The van der Waals surface area contributed by atoms with Crippen LogP contribution in [0, 0.1) is 6.92 Å². The smallest absolute Gasteiger partial charge is 0.242 e. The van der Waals surface area contributed by atoms with Crippen LogP contribution in [0.3, 0.4) is 0 Å². The van der Waals surface area contributed by atoms with E-state index in [0.717, 1.165) is 42.7 Å². The van der Waals surface area contributed by atoms with Crippen LogP contribution in [0.5, 0.6) is 0 Å². The molecule has 1 aliphatic heterocycles. The minimum atomic E-state index is -0.0872. The van der Waals surface area contributed by atoms with Crippen molar-refractivity contribution in [2.75, 3.05) is 31.1 Å². The molecule has 0 bridgehead atoms. The third-order valence-corrected chi connectivity index (χ3v) is 5.10. The fourth-order valence-electron chi connectivity index (χ4n) is 3.43. The van der Waals surface area contributed by atoms with E-state index in [0.29, 0.717) is 6.54 Å². The molecule has 28 heavy (non-hydrogen) atoms. The van der Waals surface area contributed by atoms with Crippen molar-refractivity contribution in [3.8, 4) is 0 Å². The van der Waals surface area contributed by atoms with Crippen LogP contribution in [-0.2, 0) is 16.1 Å². The second-order valence-corrected chi connectivity index (χ2v) is 7.40. The van der Waals surface area contributed by atoms with E-state index in [1.165, 1.54) is 6.42 Å². The lowest BCUT2D eigenvalue weighted by Crippen LogP contribution is -2.45. The highest BCUT2D eigenvalue weighted by atomic mass is 16.2. The van der Waals surface area contributed by atoms with Crippen molar-refractivity contribution in [1.29, 1.82) is 0 Å². The predicted molar refractivity (Wildman–Crippen MR) is 112 cm³/mol. The molecule has 1 heterocycles. The number of carbonyl (C=O) groups is 2. The van der Waals surface area contributed by atoms with Gasteiger partial charge in [-0.3, -0.25) is 9.59 Å². The Morgan fingerprint density at radius 1 is 0.929 bits per heavy atom. The molecule has 1 aliphatic rings. The maximum atomic E-state index is 12.8. The summed E-state index contributed by atoms with van der Waals surface area (Å²) in [6.07, 6.45) is 3.31. The number of aryl methyl sites for hydroxylation is 1. The molecule has 3 rings (SSSR count). The Morgan fingerprint density at radius 3 is 2.29 bits per heavy atom. The zero-order valence-electron chi connectivity index (χ0n) is 16.6. The number of rotatable bonds is 7. The van der Waals surface area contributed by atoms with Gasteiger partial charge in [0.05, 0.1) is 13.1 Å². The van der Waals surface area contributed by atoms with Crippen LogP contribution < -0.4 is 10.2 Å². The third kappa shape index (κ3) is 5.84. The number of carbonyl (C=O) groups excluding carboxylic acids is 2. The molecule has 0 spiro atoms. The highest BCUT2D eigenvalue weighted by molar-refractivity contribution is 5.86. The number of benzene rings is 2. The molecule has 2 aromatic rings. The first-order chi connectivity index (χ1) is 13.6. The van der Waals surface area contributed by atoms with Crippen LogP contribution >= 0.6 is 0 Å². The molecule has 1 fully saturated rings. The van der Waals surface area contributed by atoms with Gasteiger partial charge >= 0.3 is 0 Å². The third-order valence-electron chi connectivity index (χ3n) is 5.10. The van der Waals surface area contributed by atoms with E-state index in [-0.39, 0.29) is 24.9 Å². The van der Waals surface area contributed by atoms with Gasteiger partial charge in [-0.1, -0.05) is 48.0 Å². The van der Waals surface area contributed by atoms with E-state index in [9.17, 15) is 9.59 Å². The minimum Gasteiger partial charge on any atom is -0.353 e. The van der Waals surface area contributed by atoms with Crippen LogP contribution in [0.4, 0.5) is 5.69 Å². The van der Waals surface area contributed by atoms with Gasteiger partial charge in [0.1, 0.15) is 0 Å². The number of hydrogen-bond donors (Lipinski definition) is 1. The first-order valence-corrected chi connectivity index (χ1v) is 10.0. The molecular formula is C23H29N3O2. The van der Waals surface area contributed by atoms with Gasteiger partial charge < -0.3 is 15.1 Å². The van der Waals surface area contributed by atoms with Crippen LogP contribution in [0.15, 0.2) is 54.6 Å². The van der Waals surface area contributed by atoms with E-state index in [4.69, 9.17) is 0 Å². The Kier molecular flexibility index (Phi) is 7.06. The molecule has 0 radical (unpaired) electrons. The normalized spacial score (nSPS) is 13.8. The van der Waals surface area contributed by atoms with Gasteiger partial charge in [-0.2, -0.15) is 0 Å². The zero-order valence-corrected chi connectivity index (χ0v) is 16.6.